The van der Waals surface area contributed by atoms with Crippen molar-refractivity contribution in [3.63, 3.8) is 0 Å². The zero-order chi connectivity index (χ0) is 17.8. The Morgan fingerprint density at radius 1 is 1.12 bits per heavy atom. The van der Waals surface area contributed by atoms with E-state index in [4.69, 9.17) is 9.72 Å². The number of piperidine rings is 1. The number of carbonyl (C=O) groups is 1. The number of thiazole rings is 1. The van der Waals surface area contributed by atoms with Crippen LogP contribution in [-0.4, -0.2) is 28.9 Å². The molecular formula is C21H22N2O2S. The molecular weight excluding hydrogens is 344 g/mol. The number of nitrogens with zero attached hydrogens (tertiary/aromatic N) is 2. The molecule has 2 aromatic carbocycles. The summed E-state index contributed by atoms with van der Waals surface area (Å²) in [6, 6.07) is 17.9. The fourth-order valence-corrected chi connectivity index (χ4v) is 4.55. The summed E-state index contributed by atoms with van der Waals surface area (Å²) >= 11 is 1.71. The Morgan fingerprint density at radius 3 is 2.77 bits per heavy atom. The van der Waals surface area contributed by atoms with Gasteiger partial charge in [0.1, 0.15) is 10.8 Å². The first kappa shape index (κ1) is 17.0. The molecule has 1 fully saturated rings. The summed E-state index contributed by atoms with van der Waals surface area (Å²) in [5, 5.41) is 1.06. The van der Waals surface area contributed by atoms with Gasteiger partial charge in [-0.05, 0) is 43.5 Å². The smallest absolute Gasteiger partial charge is 0.226 e. The molecule has 1 aliphatic heterocycles. The van der Waals surface area contributed by atoms with Crippen LogP contribution >= 0.6 is 11.3 Å². The van der Waals surface area contributed by atoms with E-state index in [9.17, 15) is 4.79 Å². The van der Waals surface area contributed by atoms with Gasteiger partial charge in [0.25, 0.3) is 0 Å². The number of likely N-dealkylation sites (tertiary alicyclic amines) is 1. The molecule has 1 aliphatic rings. The maximum absolute atomic E-state index is 12.8. The molecule has 134 valence electrons. The van der Waals surface area contributed by atoms with Crippen molar-refractivity contribution in [1.29, 1.82) is 0 Å². The summed E-state index contributed by atoms with van der Waals surface area (Å²) < 4.78 is 6.88. The van der Waals surface area contributed by atoms with Gasteiger partial charge in [-0.25, -0.2) is 4.98 Å². The molecule has 1 atom stereocenters. The number of benzene rings is 2. The number of para-hydroxylation sites is 2. The van der Waals surface area contributed by atoms with Crippen molar-refractivity contribution in [2.75, 3.05) is 13.2 Å². The minimum absolute atomic E-state index is 0.102. The first-order chi connectivity index (χ1) is 12.8. The third-order valence-corrected chi connectivity index (χ3v) is 5.88. The van der Waals surface area contributed by atoms with Gasteiger partial charge in [-0.3, -0.25) is 4.79 Å². The van der Waals surface area contributed by atoms with Crippen LogP contribution in [0.15, 0.2) is 54.6 Å². The SMILES string of the molecule is O=C(CCOc1ccccc1)N1CCCC[C@@H]1c1nc2ccccc2s1. The lowest BCUT2D eigenvalue weighted by molar-refractivity contribution is -0.135. The fourth-order valence-electron chi connectivity index (χ4n) is 3.44. The Morgan fingerprint density at radius 2 is 1.92 bits per heavy atom. The minimum atomic E-state index is 0.102. The second-order valence-electron chi connectivity index (χ2n) is 6.53. The van der Waals surface area contributed by atoms with Crippen LogP contribution in [0.2, 0.25) is 0 Å². The lowest BCUT2D eigenvalue weighted by Gasteiger charge is -2.34. The van der Waals surface area contributed by atoms with Crippen LogP contribution in [0, 0.1) is 0 Å². The number of amides is 1. The van der Waals surface area contributed by atoms with Crippen molar-refractivity contribution in [1.82, 2.24) is 9.88 Å². The van der Waals surface area contributed by atoms with Crippen LogP contribution in [0.5, 0.6) is 5.75 Å². The molecule has 0 aliphatic carbocycles. The third-order valence-electron chi connectivity index (χ3n) is 4.75. The molecule has 5 heteroatoms. The summed E-state index contributed by atoms with van der Waals surface area (Å²) in [4.78, 5) is 19.6. The zero-order valence-electron chi connectivity index (χ0n) is 14.6. The Kier molecular flexibility index (Phi) is 5.16. The Hall–Kier alpha value is -2.40. The minimum Gasteiger partial charge on any atom is -0.493 e. The van der Waals surface area contributed by atoms with E-state index in [1.54, 1.807) is 11.3 Å². The van der Waals surface area contributed by atoms with Crippen LogP contribution in [0.4, 0.5) is 0 Å². The predicted octanol–water partition coefficient (Wildman–Crippen LogP) is 4.82. The molecule has 1 saturated heterocycles. The summed E-state index contributed by atoms with van der Waals surface area (Å²) in [7, 11) is 0. The van der Waals surface area contributed by atoms with Crippen molar-refractivity contribution in [3.8, 4) is 5.75 Å². The molecule has 4 rings (SSSR count). The van der Waals surface area contributed by atoms with E-state index in [1.165, 1.54) is 4.70 Å². The molecule has 26 heavy (non-hydrogen) atoms. The lowest BCUT2D eigenvalue weighted by Crippen LogP contribution is -2.39. The molecule has 0 N–H and O–H groups in total. The van der Waals surface area contributed by atoms with Gasteiger partial charge in [0.2, 0.25) is 5.91 Å². The van der Waals surface area contributed by atoms with Gasteiger partial charge in [0, 0.05) is 6.54 Å². The van der Waals surface area contributed by atoms with Crippen molar-refractivity contribution in [2.45, 2.75) is 31.7 Å². The highest BCUT2D eigenvalue weighted by Crippen LogP contribution is 2.35. The van der Waals surface area contributed by atoms with Gasteiger partial charge in [-0.2, -0.15) is 0 Å². The average molecular weight is 366 g/mol. The fraction of sp³-hybridized carbons (Fsp3) is 0.333. The highest BCUT2D eigenvalue weighted by molar-refractivity contribution is 7.18. The van der Waals surface area contributed by atoms with Crippen LogP contribution in [0.25, 0.3) is 10.2 Å². The lowest BCUT2D eigenvalue weighted by atomic mass is 10.0. The highest BCUT2D eigenvalue weighted by atomic mass is 32.1. The molecule has 4 nitrogen and oxygen atoms in total. The van der Waals surface area contributed by atoms with Gasteiger partial charge >= 0.3 is 0 Å². The molecule has 2 heterocycles. The predicted molar refractivity (Wildman–Crippen MR) is 104 cm³/mol. The zero-order valence-corrected chi connectivity index (χ0v) is 15.5. The number of rotatable bonds is 5. The van der Waals surface area contributed by atoms with E-state index in [0.29, 0.717) is 13.0 Å². The van der Waals surface area contributed by atoms with Crippen LogP contribution in [0.3, 0.4) is 0 Å². The van der Waals surface area contributed by atoms with Crippen LogP contribution in [0.1, 0.15) is 36.7 Å². The van der Waals surface area contributed by atoms with Gasteiger partial charge in [-0.1, -0.05) is 30.3 Å². The van der Waals surface area contributed by atoms with Crippen molar-refractivity contribution in [3.05, 3.63) is 59.6 Å². The molecule has 0 bridgehead atoms. The molecule has 0 radical (unpaired) electrons. The second-order valence-corrected chi connectivity index (χ2v) is 7.59. The molecule has 0 saturated carbocycles. The van der Waals surface area contributed by atoms with Gasteiger partial charge in [0.05, 0.1) is 29.3 Å². The largest absolute Gasteiger partial charge is 0.493 e. The Labute approximate surface area is 157 Å². The first-order valence-electron chi connectivity index (χ1n) is 9.14. The van der Waals surface area contributed by atoms with Crippen molar-refractivity contribution >= 4 is 27.5 Å². The maximum atomic E-state index is 12.8. The number of ether oxygens (including phenoxy) is 1. The Balaban J connectivity index is 1.43. The van der Waals surface area contributed by atoms with Crippen molar-refractivity contribution < 1.29 is 9.53 Å². The number of carbonyl (C=O) groups excluding carboxylic acids is 1. The topological polar surface area (TPSA) is 42.4 Å². The normalized spacial score (nSPS) is 17.4. The van der Waals surface area contributed by atoms with E-state index in [-0.39, 0.29) is 11.9 Å². The molecule has 1 amide bonds. The van der Waals surface area contributed by atoms with Crippen molar-refractivity contribution in [2.24, 2.45) is 0 Å². The number of hydrogen-bond donors (Lipinski definition) is 0. The first-order valence-corrected chi connectivity index (χ1v) is 9.96. The second kappa shape index (κ2) is 7.87. The van der Waals surface area contributed by atoms with Gasteiger partial charge in [-0.15, -0.1) is 11.3 Å². The summed E-state index contributed by atoms with van der Waals surface area (Å²) in [5.41, 5.74) is 1.03. The van der Waals surface area contributed by atoms with E-state index in [1.807, 2.05) is 53.4 Å². The monoisotopic (exact) mass is 366 g/mol. The van der Waals surface area contributed by atoms with Crippen LogP contribution in [-0.2, 0) is 4.79 Å². The van der Waals surface area contributed by atoms with E-state index in [0.717, 1.165) is 42.1 Å². The molecule has 1 aromatic heterocycles. The summed E-state index contributed by atoms with van der Waals surface area (Å²) in [6.45, 7) is 1.22. The number of hydrogen-bond acceptors (Lipinski definition) is 4. The molecule has 0 spiro atoms. The number of fused-ring (bicyclic) bond motifs is 1. The van der Waals surface area contributed by atoms with E-state index < -0.39 is 0 Å². The molecule has 0 unspecified atom stereocenters. The summed E-state index contributed by atoms with van der Waals surface area (Å²) in [5.74, 6) is 0.964. The van der Waals surface area contributed by atoms with E-state index >= 15 is 0 Å². The van der Waals surface area contributed by atoms with Gasteiger partial charge < -0.3 is 9.64 Å². The maximum Gasteiger partial charge on any atom is 0.226 e. The molecule has 3 aromatic rings. The standard InChI is InChI=1S/C21H22N2O2S/c24-20(13-15-25-16-8-2-1-3-9-16)23-14-7-6-11-18(23)21-22-17-10-4-5-12-19(17)26-21/h1-5,8-10,12,18H,6-7,11,13-15H2/t18-/m1/s1. The third kappa shape index (κ3) is 3.73. The number of aromatic nitrogens is 1. The highest BCUT2D eigenvalue weighted by Gasteiger charge is 2.30. The van der Waals surface area contributed by atoms with E-state index in [2.05, 4.69) is 6.07 Å². The average Bonchev–Trinajstić information content (AvgIpc) is 3.13. The van der Waals surface area contributed by atoms with Crippen LogP contribution < -0.4 is 4.74 Å². The van der Waals surface area contributed by atoms with Gasteiger partial charge in [0.15, 0.2) is 0 Å². The quantitative estimate of drug-likeness (QED) is 0.650. The Bertz CT molecular complexity index is 845. The summed E-state index contributed by atoms with van der Waals surface area (Å²) in [6.07, 6.45) is 3.60.